The Morgan fingerprint density at radius 3 is 2.61 bits per heavy atom. The lowest BCUT2D eigenvalue weighted by Gasteiger charge is -2.28. The molecule has 1 aliphatic heterocycles. The van der Waals surface area contributed by atoms with Gasteiger partial charge in [-0.15, -0.1) is 0 Å². The smallest absolute Gasteiger partial charge is 0.233 e. The zero-order chi connectivity index (χ0) is 21.8. The van der Waals surface area contributed by atoms with E-state index in [4.69, 9.17) is 5.10 Å². The predicted octanol–water partition coefficient (Wildman–Crippen LogP) is 1.77. The fraction of sp³-hybridized carbons (Fsp3) is 0.500. The summed E-state index contributed by atoms with van der Waals surface area (Å²) in [6.07, 6.45) is 11.5. The number of rotatable bonds is 7. The molecule has 1 fully saturated rings. The summed E-state index contributed by atoms with van der Waals surface area (Å²) in [7, 11) is -1.15. The van der Waals surface area contributed by atoms with Gasteiger partial charge in [-0.3, -0.25) is 14.5 Å². The number of sulfone groups is 1. The van der Waals surface area contributed by atoms with Crippen LogP contribution in [0.2, 0.25) is 0 Å². The Balaban J connectivity index is 1.24. The molecule has 2 aromatic rings. The Morgan fingerprint density at radius 2 is 1.94 bits per heavy atom. The fourth-order valence-electron chi connectivity index (χ4n) is 4.45. The van der Waals surface area contributed by atoms with Crippen molar-refractivity contribution in [2.45, 2.75) is 37.6 Å². The van der Waals surface area contributed by atoms with E-state index in [0.717, 1.165) is 36.9 Å². The molecule has 1 saturated carbocycles. The second-order valence-corrected chi connectivity index (χ2v) is 10.4. The first kappa shape index (κ1) is 21.7. The molecule has 0 spiro atoms. The second kappa shape index (κ2) is 9.32. The molecule has 8 nitrogen and oxygen atoms in total. The average Bonchev–Trinajstić information content (AvgIpc) is 3.33. The molecule has 0 radical (unpaired) electrons. The molecule has 2 aliphatic rings. The highest BCUT2D eigenvalue weighted by atomic mass is 32.2. The van der Waals surface area contributed by atoms with Gasteiger partial charge in [-0.2, -0.15) is 5.10 Å². The zero-order valence-electron chi connectivity index (χ0n) is 17.7. The minimum Gasteiger partial charge on any atom is -0.355 e. The van der Waals surface area contributed by atoms with E-state index in [2.05, 4.69) is 21.8 Å². The normalized spacial score (nSPS) is 24.9. The third-order valence-corrected chi connectivity index (χ3v) is 7.52. The number of carbonyl (C=O) groups excluding carboxylic acids is 1. The van der Waals surface area contributed by atoms with Gasteiger partial charge in [0.1, 0.15) is 0 Å². The number of nitrogens with zero attached hydrogens (tertiary/aromatic N) is 3. The zero-order valence-corrected chi connectivity index (χ0v) is 18.5. The maximum absolute atomic E-state index is 12.1. The molecule has 31 heavy (non-hydrogen) atoms. The molecule has 4 rings (SSSR count). The summed E-state index contributed by atoms with van der Waals surface area (Å²) in [5.41, 5.74) is 3.47. The van der Waals surface area contributed by atoms with Gasteiger partial charge in [-0.25, -0.2) is 8.42 Å². The summed E-state index contributed by atoms with van der Waals surface area (Å²) in [6.45, 7) is 0.786. The molecule has 0 unspecified atom stereocenters. The van der Waals surface area contributed by atoms with E-state index in [1.54, 1.807) is 6.08 Å². The SMILES string of the molecule is Cn1cc(-c2ccncc2)c(C2CCC(CNC(=O)CN[C@H]3C=CS(=O)(=O)C3)CC2)n1. The van der Waals surface area contributed by atoms with Crippen molar-refractivity contribution < 1.29 is 13.2 Å². The van der Waals surface area contributed by atoms with Gasteiger partial charge in [-0.1, -0.05) is 6.08 Å². The number of hydrogen-bond donors (Lipinski definition) is 2. The van der Waals surface area contributed by atoms with Gasteiger partial charge < -0.3 is 10.6 Å². The van der Waals surface area contributed by atoms with E-state index in [9.17, 15) is 13.2 Å². The lowest BCUT2D eigenvalue weighted by Crippen LogP contribution is -2.41. The van der Waals surface area contributed by atoms with Crippen LogP contribution in [0.15, 0.2) is 42.2 Å². The topological polar surface area (TPSA) is 106 Å². The van der Waals surface area contributed by atoms with E-state index in [0.29, 0.717) is 18.4 Å². The summed E-state index contributed by atoms with van der Waals surface area (Å²) in [5.74, 6) is 0.817. The number of amides is 1. The highest BCUT2D eigenvalue weighted by Crippen LogP contribution is 2.38. The van der Waals surface area contributed by atoms with Gasteiger partial charge in [0.15, 0.2) is 9.84 Å². The molecule has 2 N–H and O–H groups in total. The van der Waals surface area contributed by atoms with Crippen LogP contribution in [0.25, 0.3) is 11.1 Å². The maximum Gasteiger partial charge on any atom is 0.233 e. The Labute approximate surface area is 183 Å². The van der Waals surface area contributed by atoms with Crippen LogP contribution in [0.3, 0.4) is 0 Å². The Kier molecular flexibility index (Phi) is 6.52. The van der Waals surface area contributed by atoms with E-state index >= 15 is 0 Å². The molecule has 166 valence electrons. The molecule has 3 heterocycles. The number of nitrogens with one attached hydrogen (secondary N) is 2. The molecule has 2 aromatic heterocycles. The van der Waals surface area contributed by atoms with Crippen molar-refractivity contribution in [3.63, 3.8) is 0 Å². The molecule has 1 amide bonds. The van der Waals surface area contributed by atoms with Crippen LogP contribution in [0, 0.1) is 5.92 Å². The Hall–Kier alpha value is -2.52. The first-order chi connectivity index (χ1) is 14.9. The minimum absolute atomic E-state index is 0.0271. The van der Waals surface area contributed by atoms with Gasteiger partial charge in [-0.05, 0) is 49.3 Å². The molecular formula is C22H29N5O3S. The van der Waals surface area contributed by atoms with Gasteiger partial charge in [0, 0.05) is 55.1 Å². The van der Waals surface area contributed by atoms with Crippen LogP contribution < -0.4 is 10.6 Å². The van der Waals surface area contributed by atoms with Crippen molar-refractivity contribution in [2.24, 2.45) is 13.0 Å². The van der Waals surface area contributed by atoms with Crippen LogP contribution in [0.4, 0.5) is 0 Å². The van der Waals surface area contributed by atoms with Crippen LogP contribution in [-0.2, 0) is 21.7 Å². The molecule has 0 bridgehead atoms. The van der Waals surface area contributed by atoms with Crippen LogP contribution in [0.1, 0.15) is 37.3 Å². The predicted molar refractivity (Wildman–Crippen MR) is 119 cm³/mol. The number of carbonyl (C=O) groups is 1. The highest BCUT2D eigenvalue weighted by Gasteiger charge is 2.27. The first-order valence-electron chi connectivity index (χ1n) is 10.7. The van der Waals surface area contributed by atoms with Gasteiger partial charge in [0.25, 0.3) is 0 Å². The minimum atomic E-state index is -3.10. The summed E-state index contributed by atoms with van der Waals surface area (Å²) < 4.78 is 24.7. The third kappa shape index (κ3) is 5.59. The lowest BCUT2D eigenvalue weighted by molar-refractivity contribution is -0.120. The molecule has 1 aliphatic carbocycles. The van der Waals surface area contributed by atoms with Gasteiger partial charge >= 0.3 is 0 Å². The largest absolute Gasteiger partial charge is 0.355 e. The molecule has 0 saturated heterocycles. The maximum atomic E-state index is 12.1. The number of hydrogen-bond acceptors (Lipinski definition) is 6. The van der Waals surface area contributed by atoms with Crippen molar-refractivity contribution in [1.29, 1.82) is 0 Å². The molecule has 1 atom stereocenters. The Morgan fingerprint density at radius 1 is 1.19 bits per heavy atom. The highest BCUT2D eigenvalue weighted by molar-refractivity contribution is 7.94. The first-order valence-corrected chi connectivity index (χ1v) is 12.5. The number of pyridine rings is 1. The van der Waals surface area contributed by atoms with Gasteiger partial charge in [0.05, 0.1) is 18.0 Å². The summed E-state index contributed by atoms with van der Waals surface area (Å²) in [4.78, 5) is 16.2. The van der Waals surface area contributed by atoms with E-state index in [1.807, 2.05) is 36.3 Å². The van der Waals surface area contributed by atoms with E-state index < -0.39 is 9.84 Å². The summed E-state index contributed by atoms with van der Waals surface area (Å²) in [5, 5.41) is 11.9. The van der Waals surface area contributed by atoms with E-state index in [1.165, 1.54) is 11.0 Å². The van der Waals surface area contributed by atoms with Crippen molar-refractivity contribution in [3.05, 3.63) is 47.9 Å². The monoisotopic (exact) mass is 443 g/mol. The molecule has 9 heteroatoms. The van der Waals surface area contributed by atoms with Crippen LogP contribution in [0.5, 0.6) is 0 Å². The quantitative estimate of drug-likeness (QED) is 0.676. The molecule has 0 aromatic carbocycles. The fourth-order valence-corrected chi connectivity index (χ4v) is 5.72. The Bertz CT molecular complexity index is 1040. The standard InChI is InChI=1S/C22H29N5O3S/c1-27-14-20(17-6-9-23-10-7-17)22(26-27)18-4-2-16(3-5-18)12-25-21(28)13-24-19-8-11-31(29,30)15-19/h6-11,14,16,18-19,24H,2-5,12-13,15H2,1H3,(H,25,28)/t16?,18?,19-/m0/s1. The van der Waals surface area contributed by atoms with Crippen molar-refractivity contribution in [2.75, 3.05) is 18.8 Å². The van der Waals surface area contributed by atoms with Gasteiger partial charge in [0.2, 0.25) is 5.91 Å². The van der Waals surface area contributed by atoms with E-state index in [-0.39, 0.29) is 24.2 Å². The van der Waals surface area contributed by atoms with Crippen molar-refractivity contribution >= 4 is 15.7 Å². The lowest BCUT2D eigenvalue weighted by atomic mass is 9.79. The van der Waals surface area contributed by atoms with Crippen LogP contribution in [-0.4, -0.2) is 54.0 Å². The molecular weight excluding hydrogens is 414 g/mol. The van der Waals surface area contributed by atoms with Crippen molar-refractivity contribution in [1.82, 2.24) is 25.4 Å². The number of aryl methyl sites for hydroxylation is 1. The van der Waals surface area contributed by atoms with Crippen LogP contribution >= 0.6 is 0 Å². The summed E-state index contributed by atoms with van der Waals surface area (Å²) >= 11 is 0. The average molecular weight is 444 g/mol. The third-order valence-electron chi connectivity index (χ3n) is 6.12. The summed E-state index contributed by atoms with van der Waals surface area (Å²) in [6, 6.07) is 3.76. The second-order valence-electron chi connectivity index (χ2n) is 8.50. The number of aromatic nitrogens is 3. The van der Waals surface area contributed by atoms with Crippen molar-refractivity contribution in [3.8, 4) is 11.1 Å².